The quantitative estimate of drug-likeness (QED) is 0.463. The molecule has 0 aromatic carbocycles. The van der Waals surface area contributed by atoms with Crippen molar-refractivity contribution >= 4 is 5.78 Å². The maximum Gasteiger partial charge on any atom is 0.208 e. The summed E-state index contributed by atoms with van der Waals surface area (Å²) in [5.41, 5.74) is -2.49. The first-order chi connectivity index (χ1) is 12.1. The molecular weight excluding hydrogens is 336 g/mol. The molecule has 6 rings (SSSR count). The highest BCUT2D eigenvalue weighted by atomic mass is 16.6. The van der Waals surface area contributed by atoms with Crippen molar-refractivity contribution in [2.75, 3.05) is 6.61 Å². The van der Waals surface area contributed by atoms with Crippen molar-refractivity contribution in [2.24, 2.45) is 34.0 Å². The van der Waals surface area contributed by atoms with E-state index >= 15 is 0 Å². The Kier molecular flexibility index (Phi) is 3.07. The van der Waals surface area contributed by atoms with Gasteiger partial charge in [0, 0.05) is 17.3 Å². The summed E-state index contributed by atoms with van der Waals surface area (Å²) >= 11 is 0. The average Bonchev–Trinajstić information content (AvgIpc) is 2.69. The lowest BCUT2D eigenvalue weighted by molar-refractivity contribution is -0.458. The van der Waals surface area contributed by atoms with Gasteiger partial charge in [-0.15, -0.1) is 0 Å². The summed E-state index contributed by atoms with van der Waals surface area (Å²) in [7, 11) is 0. The lowest BCUT2D eigenvalue weighted by Gasteiger charge is -2.74. The lowest BCUT2D eigenvalue weighted by Crippen LogP contribution is -2.85. The number of carbonyl (C=O) groups is 1. The van der Waals surface area contributed by atoms with Gasteiger partial charge in [-0.05, 0) is 42.6 Å². The van der Waals surface area contributed by atoms with Crippen molar-refractivity contribution in [1.82, 2.24) is 0 Å². The summed E-state index contributed by atoms with van der Waals surface area (Å²) in [6, 6.07) is 0. The standard InChI is InChI=1S/C20H28O6/c1-9-10-4-5-11-18-8-26-20(25,19(11,14(9)22)15(10)23)16(24)13(18)17(2,3)7-6-12(18)21/h10-13,15-16,21,23-25H,1,4-8H2,2-3H3/t10?,11?,12-,13?,15?,16?,18+,19?,20-/m1/s1. The Labute approximate surface area is 152 Å². The normalized spacial score (nSPS) is 59.9. The predicted octanol–water partition coefficient (Wildman–Crippen LogP) is 0.376. The zero-order chi connectivity index (χ0) is 18.9. The van der Waals surface area contributed by atoms with Gasteiger partial charge in [0.15, 0.2) is 5.78 Å². The van der Waals surface area contributed by atoms with Crippen molar-refractivity contribution in [3.8, 4) is 0 Å². The summed E-state index contributed by atoms with van der Waals surface area (Å²) in [5.74, 6) is -3.80. The largest absolute Gasteiger partial charge is 0.392 e. The van der Waals surface area contributed by atoms with Crippen molar-refractivity contribution in [3.05, 3.63) is 12.2 Å². The molecule has 4 bridgehead atoms. The van der Waals surface area contributed by atoms with Gasteiger partial charge in [0.05, 0.1) is 18.8 Å². The highest BCUT2D eigenvalue weighted by molar-refractivity contribution is 6.05. The number of hydrogen-bond acceptors (Lipinski definition) is 6. The number of ketones is 1. The van der Waals surface area contributed by atoms with Gasteiger partial charge in [0.1, 0.15) is 11.5 Å². The number of ether oxygens (including phenoxy) is 1. The molecule has 26 heavy (non-hydrogen) atoms. The Hall–Kier alpha value is -0.790. The highest BCUT2D eigenvalue weighted by Gasteiger charge is 2.86. The maximum atomic E-state index is 13.3. The van der Waals surface area contributed by atoms with E-state index in [1.165, 1.54) is 0 Å². The molecule has 4 N–H and O–H groups in total. The molecule has 6 unspecified atom stereocenters. The van der Waals surface area contributed by atoms with Gasteiger partial charge in [-0.3, -0.25) is 4.79 Å². The van der Waals surface area contributed by atoms with E-state index in [9.17, 15) is 25.2 Å². The molecule has 6 heteroatoms. The number of carbonyl (C=O) groups excluding carboxylic acids is 1. The Morgan fingerprint density at radius 3 is 2.50 bits per heavy atom. The van der Waals surface area contributed by atoms with E-state index in [-0.39, 0.29) is 12.0 Å². The second-order valence-corrected chi connectivity index (χ2v) is 9.97. The van der Waals surface area contributed by atoms with E-state index in [1.807, 2.05) is 13.8 Å². The second-order valence-electron chi connectivity index (χ2n) is 9.97. The van der Waals surface area contributed by atoms with Gasteiger partial charge in [-0.25, -0.2) is 0 Å². The zero-order valence-electron chi connectivity index (χ0n) is 15.3. The van der Waals surface area contributed by atoms with Gasteiger partial charge in [0.25, 0.3) is 0 Å². The van der Waals surface area contributed by atoms with Crippen LogP contribution in [0.15, 0.2) is 12.2 Å². The van der Waals surface area contributed by atoms with E-state index < -0.39 is 58.5 Å². The first kappa shape index (κ1) is 17.3. The first-order valence-electron chi connectivity index (χ1n) is 9.71. The molecule has 2 spiro atoms. The minimum absolute atomic E-state index is 0.0966. The van der Waals surface area contributed by atoms with Crippen LogP contribution >= 0.6 is 0 Å². The number of fused-ring (bicyclic) bond motifs is 2. The summed E-state index contributed by atoms with van der Waals surface area (Å²) in [6.45, 7) is 8.07. The van der Waals surface area contributed by atoms with Crippen LogP contribution in [0, 0.1) is 34.0 Å². The summed E-state index contributed by atoms with van der Waals surface area (Å²) in [4.78, 5) is 13.3. The van der Waals surface area contributed by atoms with E-state index in [2.05, 4.69) is 6.58 Å². The van der Waals surface area contributed by atoms with Crippen LogP contribution in [-0.4, -0.2) is 56.9 Å². The van der Waals surface area contributed by atoms with Crippen LogP contribution in [0.1, 0.15) is 39.5 Å². The molecule has 0 aromatic heterocycles. The number of aliphatic hydroxyl groups excluding tert-OH is 3. The maximum absolute atomic E-state index is 13.3. The third-order valence-electron chi connectivity index (χ3n) is 8.88. The van der Waals surface area contributed by atoms with Crippen LogP contribution in [0.4, 0.5) is 0 Å². The molecule has 4 saturated carbocycles. The van der Waals surface area contributed by atoms with Gasteiger partial charge in [0.2, 0.25) is 5.79 Å². The molecule has 4 aliphatic carbocycles. The van der Waals surface area contributed by atoms with Crippen LogP contribution in [0.2, 0.25) is 0 Å². The lowest BCUT2D eigenvalue weighted by atomic mass is 9.35. The molecular formula is C20H28O6. The minimum atomic E-state index is -2.15. The monoisotopic (exact) mass is 364 g/mol. The van der Waals surface area contributed by atoms with E-state index in [4.69, 9.17) is 4.74 Å². The van der Waals surface area contributed by atoms with Gasteiger partial charge < -0.3 is 25.2 Å². The second kappa shape index (κ2) is 4.61. The molecule has 2 saturated heterocycles. The van der Waals surface area contributed by atoms with Crippen molar-refractivity contribution in [2.45, 2.75) is 63.6 Å². The molecule has 6 aliphatic rings. The average molecular weight is 364 g/mol. The summed E-state index contributed by atoms with van der Waals surface area (Å²) in [5, 5.41) is 45.1. The highest BCUT2D eigenvalue weighted by Crippen LogP contribution is 2.76. The van der Waals surface area contributed by atoms with Crippen LogP contribution in [-0.2, 0) is 9.53 Å². The van der Waals surface area contributed by atoms with Gasteiger partial charge >= 0.3 is 0 Å². The fourth-order valence-electron chi connectivity index (χ4n) is 7.90. The Morgan fingerprint density at radius 1 is 1.12 bits per heavy atom. The van der Waals surface area contributed by atoms with Crippen molar-refractivity contribution < 1.29 is 30.0 Å². The smallest absolute Gasteiger partial charge is 0.208 e. The summed E-state index contributed by atoms with van der Waals surface area (Å²) in [6.07, 6.45) is -0.747. The van der Waals surface area contributed by atoms with Crippen LogP contribution in [0.3, 0.4) is 0 Å². The van der Waals surface area contributed by atoms with Gasteiger partial charge in [-0.1, -0.05) is 20.4 Å². The topological polar surface area (TPSA) is 107 Å². The Balaban J connectivity index is 1.81. The minimum Gasteiger partial charge on any atom is -0.392 e. The Bertz CT molecular complexity index is 717. The number of Topliss-reactive ketones (excluding diaryl/α,β-unsaturated/α-hetero) is 1. The molecule has 6 fully saturated rings. The summed E-state index contributed by atoms with van der Waals surface area (Å²) < 4.78 is 5.80. The van der Waals surface area contributed by atoms with E-state index in [0.717, 1.165) is 6.42 Å². The first-order valence-corrected chi connectivity index (χ1v) is 9.71. The van der Waals surface area contributed by atoms with Crippen LogP contribution in [0.25, 0.3) is 0 Å². The SMILES string of the molecule is C=C1C(=O)C23C(O)C1CCC2[C@]12CO[C@]3(O)C(O)C1C(C)(C)CC[C@H]2O. The van der Waals surface area contributed by atoms with Crippen molar-refractivity contribution in [3.63, 3.8) is 0 Å². The number of hydrogen-bond donors (Lipinski definition) is 4. The van der Waals surface area contributed by atoms with E-state index in [1.54, 1.807) is 0 Å². The Morgan fingerprint density at radius 2 is 1.81 bits per heavy atom. The predicted molar refractivity (Wildman–Crippen MR) is 90.7 cm³/mol. The van der Waals surface area contributed by atoms with E-state index in [0.29, 0.717) is 24.8 Å². The fraction of sp³-hybridized carbons (Fsp3) is 0.850. The number of aliphatic hydroxyl groups is 4. The molecule has 144 valence electrons. The molecule has 2 heterocycles. The van der Waals surface area contributed by atoms with Crippen molar-refractivity contribution in [1.29, 1.82) is 0 Å². The van der Waals surface area contributed by atoms with Gasteiger partial charge in [-0.2, -0.15) is 0 Å². The molecule has 0 aromatic rings. The third-order valence-corrected chi connectivity index (χ3v) is 8.88. The van der Waals surface area contributed by atoms with Crippen LogP contribution in [0.5, 0.6) is 0 Å². The number of rotatable bonds is 0. The molecule has 6 nitrogen and oxygen atoms in total. The zero-order valence-corrected chi connectivity index (χ0v) is 15.3. The fourth-order valence-corrected chi connectivity index (χ4v) is 7.90. The molecule has 0 amide bonds. The third kappa shape index (κ3) is 1.41. The molecule has 0 radical (unpaired) electrons. The van der Waals surface area contributed by atoms with Crippen LogP contribution < -0.4 is 0 Å². The molecule has 2 aliphatic heterocycles. The molecule has 9 atom stereocenters.